The fraction of sp³-hybridized carbons (Fsp3) is 0.727. The number of hydrogen-bond acceptors (Lipinski definition) is 2. The monoisotopic (exact) mass is 194 g/mol. The van der Waals surface area contributed by atoms with Gasteiger partial charge in [0.1, 0.15) is 0 Å². The van der Waals surface area contributed by atoms with Crippen LogP contribution in [-0.4, -0.2) is 23.9 Å². The Kier molecular flexibility index (Phi) is 2.75. The molecule has 1 atom stereocenters. The van der Waals surface area contributed by atoms with Crippen molar-refractivity contribution in [3.05, 3.63) is 11.9 Å². The molecule has 2 aliphatic heterocycles. The number of piperidine rings is 1. The first kappa shape index (κ1) is 9.56. The first-order valence-corrected chi connectivity index (χ1v) is 5.50. The number of carbonyl (C=O) groups is 1. The lowest BCUT2D eigenvalue weighted by atomic mass is 9.98. The molecule has 0 aromatic carbocycles. The lowest BCUT2D eigenvalue weighted by Crippen LogP contribution is -2.40. The maximum atomic E-state index is 11.7. The smallest absolute Gasteiger partial charge is 0.226 e. The predicted octanol–water partition coefficient (Wildman–Crippen LogP) is 1.47. The number of allylic oxidation sites excluding steroid dienone is 1. The predicted molar refractivity (Wildman–Crippen MR) is 55.4 cm³/mol. The van der Waals surface area contributed by atoms with Crippen molar-refractivity contribution in [3.63, 3.8) is 0 Å². The zero-order chi connectivity index (χ0) is 9.97. The van der Waals surface area contributed by atoms with Gasteiger partial charge in [-0.05, 0) is 25.2 Å². The maximum absolute atomic E-state index is 11.7. The molecule has 0 spiro atoms. The molecule has 2 aliphatic rings. The molecule has 0 aromatic heterocycles. The number of hydrogen-bond donors (Lipinski definition) is 1. The molecule has 0 bridgehead atoms. The average Bonchev–Trinajstić information content (AvgIpc) is 2.23. The maximum Gasteiger partial charge on any atom is 0.226 e. The number of amides is 1. The normalized spacial score (nSPS) is 28.4. The van der Waals surface area contributed by atoms with E-state index in [1.54, 1.807) is 0 Å². The molecule has 1 saturated heterocycles. The van der Waals surface area contributed by atoms with Gasteiger partial charge in [-0.25, -0.2) is 0 Å². The van der Waals surface area contributed by atoms with Crippen LogP contribution in [0.3, 0.4) is 0 Å². The summed E-state index contributed by atoms with van der Waals surface area (Å²) in [6.45, 7) is 4.17. The third kappa shape index (κ3) is 1.91. The minimum absolute atomic E-state index is 0.304. The molecule has 1 unspecified atom stereocenters. The van der Waals surface area contributed by atoms with Crippen LogP contribution in [0.15, 0.2) is 11.9 Å². The molecule has 1 fully saturated rings. The fourth-order valence-electron chi connectivity index (χ4n) is 2.13. The van der Waals surface area contributed by atoms with Crippen molar-refractivity contribution in [1.82, 2.24) is 10.2 Å². The van der Waals surface area contributed by atoms with Crippen molar-refractivity contribution in [3.8, 4) is 0 Å². The third-order valence-electron chi connectivity index (χ3n) is 3.02. The Morgan fingerprint density at radius 2 is 2.36 bits per heavy atom. The zero-order valence-corrected chi connectivity index (χ0v) is 8.75. The summed E-state index contributed by atoms with van der Waals surface area (Å²) in [6.07, 6.45) is 5.98. The van der Waals surface area contributed by atoms with Crippen LogP contribution in [0.1, 0.15) is 32.6 Å². The molecule has 0 radical (unpaired) electrons. The summed E-state index contributed by atoms with van der Waals surface area (Å²) >= 11 is 0. The largest absolute Gasteiger partial charge is 0.389 e. The van der Waals surface area contributed by atoms with E-state index in [1.807, 2.05) is 11.1 Å². The molecular formula is C11H18N2O. The standard InChI is InChI=1S/C11H18N2O/c1-9-4-5-11(14)13(8-9)10-3-2-6-12-7-10/h7,9,12H,2-6,8H2,1H3. The van der Waals surface area contributed by atoms with Crippen LogP contribution in [0.25, 0.3) is 0 Å². The van der Waals surface area contributed by atoms with Crippen LogP contribution in [0.4, 0.5) is 0 Å². The Labute approximate surface area is 85.2 Å². The highest BCUT2D eigenvalue weighted by molar-refractivity contribution is 5.78. The Morgan fingerprint density at radius 3 is 3.07 bits per heavy atom. The highest BCUT2D eigenvalue weighted by Gasteiger charge is 2.25. The summed E-state index contributed by atoms with van der Waals surface area (Å²) in [5.41, 5.74) is 1.19. The molecule has 3 heteroatoms. The summed E-state index contributed by atoms with van der Waals surface area (Å²) < 4.78 is 0. The summed E-state index contributed by atoms with van der Waals surface area (Å²) in [4.78, 5) is 13.7. The van der Waals surface area contributed by atoms with Gasteiger partial charge >= 0.3 is 0 Å². The molecule has 0 aromatic rings. The van der Waals surface area contributed by atoms with Crippen LogP contribution in [0.2, 0.25) is 0 Å². The van der Waals surface area contributed by atoms with Crippen LogP contribution in [0.5, 0.6) is 0 Å². The molecule has 2 heterocycles. The molecule has 0 aliphatic carbocycles. The summed E-state index contributed by atoms with van der Waals surface area (Å²) in [6, 6.07) is 0. The number of nitrogens with zero attached hydrogens (tertiary/aromatic N) is 1. The van der Waals surface area contributed by atoms with Gasteiger partial charge < -0.3 is 10.2 Å². The van der Waals surface area contributed by atoms with Gasteiger partial charge in [0.05, 0.1) is 0 Å². The number of carbonyl (C=O) groups excluding carboxylic acids is 1. The minimum Gasteiger partial charge on any atom is -0.389 e. The van der Waals surface area contributed by atoms with E-state index in [-0.39, 0.29) is 0 Å². The van der Waals surface area contributed by atoms with Crippen molar-refractivity contribution < 1.29 is 4.79 Å². The van der Waals surface area contributed by atoms with Gasteiger partial charge in [0.15, 0.2) is 0 Å². The minimum atomic E-state index is 0.304. The van der Waals surface area contributed by atoms with Gasteiger partial charge in [0, 0.05) is 31.4 Å². The molecule has 14 heavy (non-hydrogen) atoms. The average molecular weight is 194 g/mol. The van der Waals surface area contributed by atoms with Crippen molar-refractivity contribution in [2.75, 3.05) is 13.1 Å². The molecule has 1 amide bonds. The molecule has 0 saturated carbocycles. The SMILES string of the molecule is CC1CCC(=O)N(C2=CNCCC2)C1. The zero-order valence-electron chi connectivity index (χ0n) is 8.75. The van der Waals surface area contributed by atoms with Crippen LogP contribution in [-0.2, 0) is 4.79 Å². The van der Waals surface area contributed by atoms with Crippen LogP contribution < -0.4 is 5.32 Å². The van der Waals surface area contributed by atoms with E-state index in [0.717, 1.165) is 38.8 Å². The summed E-state index contributed by atoms with van der Waals surface area (Å²) in [5, 5.41) is 3.21. The summed E-state index contributed by atoms with van der Waals surface area (Å²) in [7, 11) is 0. The Balaban J connectivity index is 2.07. The number of rotatable bonds is 1. The lowest BCUT2D eigenvalue weighted by Gasteiger charge is -2.34. The van der Waals surface area contributed by atoms with Crippen molar-refractivity contribution in [2.24, 2.45) is 5.92 Å². The highest BCUT2D eigenvalue weighted by Crippen LogP contribution is 2.23. The molecular weight excluding hydrogens is 176 g/mol. The molecule has 3 nitrogen and oxygen atoms in total. The quantitative estimate of drug-likeness (QED) is 0.685. The third-order valence-corrected chi connectivity index (χ3v) is 3.02. The van der Waals surface area contributed by atoms with Crippen molar-refractivity contribution in [1.29, 1.82) is 0 Å². The van der Waals surface area contributed by atoms with E-state index in [0.29, 0.717) is 11.8 Å². The summed E-state index contributed by atoms with van der Waals surface area (Å²) in [5.74, 6) is 0.952. The van der Waals surface area contributed by atoms with Crippen molar-refractivity contribution >= 4 is 5.91 Å². The number of nitrogens with one attached hydrogen (secondary N) is 1. The van der Waals surface area contributed by atoms with E-state index in [1.165, 1.54) is 5.70 Å². The second-order valence-corrected chi connectivity index (χ2v) is 4.34. The second-order valence-electron chi connectivity index (χ2n) is 4.34. The van der Waals surface area contributed by atoms with E-state index >= 15 is 0 Å². The highest BCUT2D eigenvalue weighted by atomic mass is 16.2. The fourth-order valence-corrected chi connectivity index (χ4v) is 2.13. The van der Waals surface area contributed by atoms with Gasteiger partial charge in [-0.15, -0.1) is 0 Å². The second kappa shape index (κ2) is 4.03. The van der Waals surface area contributed by atoms with Gasteiger partial charge in [0.2, 0.25) is 5.91 Å². The molecule has 2 rings (SSSR count). The Morgan fingerprint density at radius 1 is 1.50 bits per heavy atom. The van der Waals surface area contributed by atoms with Crippen LogP contribution >= 0.6 is 0 Å². The number of likely N-dealkylation sites (tertiary alicyclic amines) is 1. The van der Waals surface area contributed by atoms with Gasteiger partial charge in [0.25, 0.3) is 0 Å². The van der Waals surface area contributed by atoms with Crippen molar-refractivity contribution in [2.45, 2.75) is 32.6 Å². The van der Waals surface area contributed by atoms with Gasteiger partial charge in [-0.3, -0.25) is 4.79 Å². The van der Waals surface area contributed by atoms with E-state index in [4.69, 9.17) is 0 Å². The lowest BCUT2D eigenvalue weighted by molar-refractivity contribution is -0.132. The Bertz CT molecular complexity index is 260. The molecule has 1 N–H and O–H groups in total. The van der Waals surface area contributed by atoms with E-state index < -0.39 is 0 Å². The van der Waals surface area contributed by atoms with Gasteiger partial charge in [-0.1, -0.05) is 6.92 Å². The molecule has 78 valence electrons. The topological polar surface area (TPSA) is 32.3 Å². The van der Waals surface area contributed by atoms with E-state index in [2.05, 4.69) is 12.2 Å². The first-order chi connectivity index (χ1) is 6.77. The van der Waals surface area contributed by atoms with Crippen LogP contribution in [0, 0.1) is 5.92 Å². The van der Waals surface area contributed by atoms with E-state index in [9.17, 15) is 4.79 Å². The Hall–Kier alpha value is -0.990. The first-order valence-electron chi connectivity index (χ1n) is 5.50. The van der Waals surface area contributed by atoms with Gasteiger partial charge in [-0.2, -0.15) is 0 Å².